The van der Waals surface area contributed by atoms with Gasteiger partial charge in [0.15, 0.2) is 0 Å². The van der Waals surface area contributed by atoms with Crippen molar-refractivity contribution in [2.45, 2.75) is 6.42 Å². The van der Waals surface area contributed by atoms with E-state index < -0.39 is 11.8 Å². The number of amides is 3. The van der Waals surface area contributed by atoms with Crippen LogP contribution in [0.5, 0.6) is 0 Å². The summed E-state index contributed by atoms with van der Waals surface area (Å²) in [6.45, 7) is 0. The fourth-order valence-electron chi connectivity index (χ4n) is 2.66. The van der Waals surface area contributed by atoms with Crippen LogP contribution < -0.4 is 16.2 Å². The van der Waals surface area contributed by atoms with Crippen LogP contribution in [0.1, 0.15) is 21.5 Å². The van der Waals surface area contributed by atoms with Crippen molar-refractivity contribution in [2.24, 2.45) is 0 Å². The summed E-state index contributed by atoms with van der Waals surface area (Å²) in [6.07, 6.45) is 3.25. The Morgan fingerprint density at radius 3 is 2.03 bits per heavy atom. The number of carbonyl (C=O) groups excluding carboxylic acids is 3. The molecular weight excluding hydrogens is 378 g/mol. The second-order valence-corrected chi connectivity index (χ2v) is 6.48. The van der Waals surface area contributed by atoms with E-state index in [1.54, 1.807) is 30.3 Å². The first-order valence-electron chi connectivity index (χ1n) is 9.37. The Labute approximate surface area is 174 Å². The maximum absolute atomic E-state index is 12.2. The second kappa shape index (κ2) is 10.4. The molecule has 0 saturated carbocycles. The highest BCUT2D eigenvalue weighted by Crippen LogP contribution is 2.10. The van der Waals surface area contributed by atoms with Gasteiger partial charge in [-0.05, 0) is 41.5 Å². The van der Waals surface area contributed by atoms with Crippen LogP contribution in [0.15, 0.2) is 91.0 Å². The van der Waals surface area contributed by atoms with Crippen LogP contribution >= 0.6 is 0 Å². The van der Waals surface area contributed by atoms with Crippen LogP contribution in [0.25, 0.3) is 6.08 Å². The van der Waals surface area contributed by atoms with Gasteiger partial charge in [-0.15, -0.1) is 0 Å². The third kappa shape index (κ3) is 6.45. The molecule has 6 nitrogen and oxygen atoms in total. The predicted molar refractivity (Wildman–Crippen MR) is 116 cm³/mol. The van der Waals surface area contributed by atoms with E-state index in [4.69, 9.17) is 0 Å². The molecule has 0 unspecified atom stereocenters. The van der Waals surface area contributed by atoms with Crippen LogP contribution in [-0.4, -0.2) is 17.7 Å². The lowest BCUT2D eigenvalue weighted by Crippen LogP contribution is -2.40. The molecule has 3 rings (SSSR count). The topological polar surface area (TPSA) is 87.3 Å². The Hall–Kier alpha value is -4.19. The summed E-state index contributed by atoms with van der Waals surface area (Å²) in [6, 6.07) is 25.2. The van der Waals surface area contributed by atoms with Crippen LogP contribution in [0.4, 0.5) is 5.69 Å². The lowest BCUT2D eigenvalue weighted by Gasteiger charge is -2.08. The van der Waals surface area contributed by atoms with Gasteiger partial charge in [0, 0.05) is 17.3 Å². The number of benzene rings is 3. The average Bonchev–Trinajstić information content (AvgIpc) is 2.78. The first kappa shape index (κ1) is 20.5. The summed E-state index contributed by atoms with van der Waals surface area (Å²) >= 11 is 0. The third-order valence-electron chi connectivity index (χ3n) is 4.16. The Balaban J connectivity index is 1.47. The van der Waals surface area contributed by atoms with E-state index in [-0.39, 0.29) is 12.3 Å². The Kier molecular flexibility index (Phi) is 7.11. The minimum Gasteiger partial charge on any atom is -0.326 e. The maximum atomic E-state index is 12.2. The standard InChI is InChI=1S/C24H21N3O3/c28-22(16-11-18-7-3-1-4-8-18)26-27-24(30)20-12-14-21(15-13-20)25-23(29)17-19-9-5-2-6-10-19/h1-16H,17H2,(H,25,29)(H,26,28)(H,27,30)/b16-11+. The van der Waals surface area contributed by atoms with Gasteiger partial charge in [0.2, 0.25) is 5.91 Å². The summed E-state index contributed by atoms with van der Waals surface area (Å²) in [5.41, 5.74) is 7.42. The molecule has 30 heavy (non-hydrogen) atoms. The molecule has 0 radical (unpaired) electrons. The number of rotatable bonds is 6. The van der Waals surface area contributed by atoms with Crippen molar-refractivity contribution >= 4 is 29.5 Å². The largest absolute Gasteiger partial charge is 0.326 e. The summed E-state index contributed by atoms with van der Waals surface area (Å²) in [5.74, 6) is -1.05. The monoisotopic (exact) mass is 399 g/mol. The molecule has 0 bridgehead atoms. The van der Waals surface area contributed by atoms with Crippen LogP contribution in [0.3, 0.4) is 0 Å². The van der Waals surface area contributed by atoms with Crippen LogP contribution in [0.2, 0.25) is 0 Å². The molecule has 0 spiro atoms. The molecule has 3 aromatic rings. The van der Waals surface area contributed by atoms with E-state index in [0.29, 0.717) is 11.3 Å². The average molecular weight is 399 g/mol. The van der Waals surface area contributed by atoms with E-state index in [9.17, 15) is 14.4 Å². The maximum Gasteiger partial charge on any atom is 0.269 e. The summed E-state index contributed by atoms with van der Waals surface area (Å²) in [4.78, 5) is 36.1. The van der Waals surface area contributed by atoms with E-state index in [0.717, 1.165) is 11.1 Å². The van der Waals surface area contributed by atoms with E-state index in [1.807, 2.05) is 60.7 Å². The predicted octanol–water partition coefficient (Wildman–Crippen LogP) is 3.34. The zero-order valence-electron chi connectivity index (χ0n) is 16.2. The third-order valence-corrected chi connectivity index (χ3v) is 4.16. The van der Waals surface area contributed by atoms with Crippen molar-refractivity contribution in [1.82, 2.24) is 10.9 Å². The molecule has 0 aliphatic heterocycles. The quantitative estimate of drug-likeness (QED) is 0.439. The first-order chi connectivity index (χ1) is 14.6. The number of hydrogen-bond acceptors (Lipinski definition) is 3. The summed E-state index contributed by atoms with van der Waals surface area (Å²) < 4.78 is 0. The first-order valence-corrected chi connectivity index (χ1v) is 9.37. The Bertz CT molecular complexity index is 1030. The molecule has 3 N–H and O–H groups in total. The molecule has 150 valence electrons. The molecule has 0 aliphatic carbocycles. The van der Waals surface area contributed by atoms with Gasteiger partial charge >= 0.3 is 0 Å². The van der Waals surface area contributed by atoms with Gasteiger partial charge in [0.05, 0.1) is 6.42 Å². The summed E-state index contributed by atoms with van der Waals surface area (Å²) in [5, 5.41) is 2.79. The molecule has 6 heteroatoms. The highest BCUT2D eigenvalue weighted by atomic mass is 16.2. The van der Waals surface area contributed by atoms with E-state index >= 15 is 0 Å². The number of hydrogen-bond donors (Lipinski definition) is 3. The van der Waals surface area contributed by atoms with Crippen molar-refractivity contribution in [2.75, 3.05) is 5.32 Å². The van der Waals surface area contributed by atoms with Gasteiger partial charge in [-0.25, -0.2) is 0 Å². The molecule has 0 heterocycles. The van der Waals surface area contributed by atoms with Gasteiger partial charge < -0.3 is 5.32 Å². The summed E-state index contributed by atoms with van der Waals surface area (Å²) in [7, 11) is 0. The van der Waals surface area contributed by atoms with Crippen molar-refractivity contribution < 1.29 is 14.4 Å². The zero-order valence-corrected chi connectivity index (χ0v) is 16.2. The zero-order chi connectivity index (χ0) is 21.2. The molecule has 0 fully saturated rings. The molecule has 3 aromatic carbocycles. The fourth-order valence-corrected chi connectivity index (χ4v) is 2.66. The van der Waals surface area contributed by atoms with Gasteiger partial charge in [-0.1, -0.05) is 60.7 Å². The van der Waals surface area contributed by atoms with E-state index in [2.05, 4.69) is 16.2 Å². The number of carbonyl (C=O) groups is 3. The highest BCUT2D eigenvalue weighted by molar-refractivity contribution is 5.98. The number of nitrogens with one attached hydrogen (secondary N) is 3. The normalized spacial score (nSPS) is 10.4. The molecule has 0 atom stereocenters. The van der Waals surface area contributed by atoms with Gasteiger partial charge in [-0.2, -0.15) is 0 Å². The molecule has 0 saturated heterocycles. The second-order valence-electron chi connectivity index (χ2n) is 6.48. The van der Waals surface area contributed by atoms with Crippen molar-refractivity contribution in [3.63, 3.8) is 0 Å². The lowest BCUT2D eigenvalue weighted by molar-refractivity contribution is -0.117. The lowest BCUT2D eigenvalue weighted by atomic mass is 10.1. The fraction of sp³-hybridized carbons (Fsp3) is 0.0417. The number of hydrazine groups is 1. The SMILES string of the molecule is O=C(/C=C/c1ccccc1)NNC(=O)c1ccc(NC(=O)Cc2ccccc2)cc1. The van der Waals surface area contributed by atoms with Crippen LogP contribution in [0, 0.1) is 0 Å². The van der Waals surface area contributed by atoms with E-state index in [1.165, 1.54) is 6.08 Å². The Morgan fingerprint density at radius 2 is 1.37 bits per heavy atom. The van der Waals surface area contributed by atoms with Crippen molar-refractivity contribution in [3.8, 4) is 0 Å². The van der Waals surface area contributed by atoms with Gasteiger partial charge in [-0.3, -0.25) is 25.2 Å². The molecule has 0 aliphatic rings. The number of anilines is 1. The molecule has 3 amide bonds. The Morgan fingerprint density at radius 1 is 0.733 bits per heavy atom. The van der Waals surface area contributed by atoms with Gasteiger partial charge in [0.25, 0.3) is 11.8 Å². The van der Waals surface area contributed by atoms with Gasteiger partial charge in [0.1, 0.15) is 0 Å². The smallest absolute Gasteiger partial charge is 0.269 e. The van der Waals surface area contributed by atoms with Crippen molar-refractivity contribution in [1.29, 1.82) is 0 Å². The minimum atomic E-state index is -0.460. The molecular formula is C24H21N3O3. The van der Waals surface area contributed by atoms with Crippen molar-refractivity contribution in [3.05, 3.63) is 108 Å². The van der Waals surface area contributed by atoms with Crippen LogP contribution in [-0.2, 0) is 16.0 Å². The highest BCUT2D eigenvalue weighted by Gasteiger charge is 2.08. The molecule has 0 aromatic heterocycles. The minimum absolute atomic E-state index is 0.143.